The molecule has 0 unspecified atom stereocenters. The third kappa shape index (κ3) is 3.83. The van der Waals surface area contributed by atoms with Gasteiger partial charge in [0, 0.05) is 22.4 Å². The van der Waals surface area contributed by atoms with Crippen LogP contribution in [0, 0.1) is 0 Å². The normalized spacial score (nSPS) is 10.9. The maximum absolute atomic E-state index is 12.4. The highest BCUT2D eigenvalue weighted by atomic mass is 79.9. The lowest BCUT2D eigenvalue weighted by Crippen LogP contribution is -2.19. The lowest BCUT2D eigenvalue weighted by Gasteiger charge is -2.08. The molecule has 28 heavy (non-hydrogen) atoms. The zero-order valence-electron chi connectivity index (χ0n) is 14.2. The van der Waals surface area contributed by atoms with Crippen molar-refractivity contribution in [3.63, 3.8) is 0 Å². The maximum atomic E-state index is 12.4. The molecule has 7 nitrogen and oxygen atoms in total. The van der Waals surface area contributed by atoms with E-state index in [0.29, 0.717) is 27.8 Å². The summed E-state index contributed by atoms with van der Waals surface area (Å²) in [6.07, 6.45) is 1.45. The van der Waals surface area contributed by atoms with E-state index >= 15 is 0 Å². The number of imidazole rings is 1. The standard InChI is InChI=1S/C19H12BrClN4O3/c20-12-2-1-3-13(8-12)25-9-11(4-7-17(25)26)19(27)28-10-16-22-14-5-6-15(21)23-18(14)24-16/h1-9H,10H2,(H,22,23,24). The Hall–Kier alpha value is -2.97. The van der Waals surface area contributed by atoms with Crippen molar-refractivity contribution < 1.29 is 9.53 Å². The third-order valence-electron chi connectivity index (χ3n) is 3.93. The van der Waals surface area contributed by atoms with Crippen LogP contribution in [0.1, 0.15) is 16.2 Å². The van der Waals surface area contributed by atoms with Gasteiger partial charge in [0.25, 0.3) is 5.56 Å². The molecule has 4 aromatic rings. The van der Waals surface area contributed by atoms with Crippen LogP contribution in [0.15, 0.2) is 64.0 Å². The molecule has 1 N–H and O–H groups in total. The number of fused-ring (bicyclic) bond motifs is 1. The van der Waals surface area contributed by atoms with E-state index in [-0.39, 0.29) is 17.7 Å². The monoisotopic (exact) mass is 458 g/mol. The van der Waals surface area contributed by atoms with Gasteiger partial charge in [-0.1, -0.05) is 33.6 Å². The number of benzene rings is 1. The number of ether oxygens (including phenoxy) is 1. The summed E-state index contributed by atoms with van der Waals surface area (Å²) in [4.78, 5) is 35.9. The highest BCUT2D eigenvalue weighted by Gasteiger charge is 2.12. The Balaban J connectivity index is 1.54. The Morgan fingerprint density at radius 2 is 2.04 bits per heavy atom. The first-order valence-corrected chi connectivity index (χ1v) is 9.33. The fourth-order valence-corrected chi connectivity index (χ4v) is 3.17. The van der Waals surface area contributed by atoms with Crippen molar-refractivity contribution in [2.45, 2.75) is 6.61 Å². The summed E-state index contributed by atoms with van der Waals surface area (Å²) in [5.41, 5.74) is 1.77. The van der Waals surface area contributed by atoms with Gasteiger partial charge < -0.3 is 9.72 Å². The zero-order chi connectivity index (χ0) is 19.7. The average molecular weight is 460 g/mol. The minimum Gasteiger partial charge on any atom is -0.454 e. The fraction of sp³-hybridized carbons (Fsp3) is 0.0526. The van der Waals surface area contributed by atoms with E-state index in [1.807, 2.05) is 6.07 Å². The van der Waals surface area contributed by atoms with Gasteiger partial charge in [-0.2, -0.15) is 0 Å². The smallest absolute Gasteiger partial charge is 0.340 e. The molecule has 4 rings (SSSR count). The summed E-state index contributed by atoms with van der Waals surface area (Å²) in [5, 5.41) is 0.331. The van der Waals surface area contributed by atoms with Gasteiger partial charge in [-0.15, -0.1) is 0 Å². The molecule has 0 saturated heterocycles. The third-order valence-corrected chi connectivity index (χ3v) is 4.64. The Kier molecular flexibility index (Phi) is 4.97. The minimum atomic E-state index is -0.574. The number of aromatic amines is 1. The summed E-state index contributed by atoms with van der Waals surface area (Å²) < 4.78 is 7.52. The molecule has 0 aliphatic rings. The van der Waals surface area contributed by atoms with E-state index in [9.17, 15) is 9.59 Å². The highest BCUT2D eigenvalue weighted by Crippen LogP contribution is 2.16. The van der Waals surface area contributed by atoms with E-state index in [4.69, 9.17) is 16.3 Å². The SMILES string of the molecule is O=C(OCc1nc2nc(Cl)ccc2[nH]1)c1ccc(=O)n(-c2cccc(Br)c2)c1. The Morgan fingerprint density at radius 3 is 2.86 bits per heavy atom. The summed E-state index contributed by atoms with van der Waals surface area (Å²) in [6, 6.07) is 13.3. The van der Waals surface area contributed by atoms with Crippen molar-refractivity contribution in [1.82, 2.24) is 19.5 Å². The van der Waals surface area contributed by atoms with Gasteiger partial charge in [0.2, 0.25) is 0 Å². The van der Waals surface area contributed by atoms with Crippen LogP contribution in [0.3, 0.4) is 0 Å². The maximum Gasteiger partial charge on any atom is 0.340 e. The first-order chi connectivity index (χ1) is 13.5. The Bertz CT molecular complexity index is 1250. The van der Waals surface area contributed by atoms with Gasteiger partial charge in [0.15, 0.2) is 5.65 Å². The van der Waals surface area contributed by atoms with Gasteiger partial charge in [-0.05, 0) is 36.4 Å². The van der Waals surface area contributed by atoms with Crippen molar-refractivity contribution in [3.8, 4) is 5.69 Å². The van der Waals surface area contributed by atoms with Crippen LogP contribution >= 0.6 is 27.5 Å². The fourth-order valence-electron chi connectivity index (χ4n) is 2.64. The van der Waals surface area contributed by atoms with Gasteiger partial charge in [-0.3, -0.25) is 9.36 Å². The first-order valence-electron chi connectivity index (χ1n) is 8.16. The molecule has 0 saturated carbocycles. The summed E-state index contributed by atoms with van der Waals surface area (Å²) in [7, 11) is 0. The van der Waals surface area contributed by atoms with Crippen molar-refractivity contribution in [2.24, 2.45) is 0 Å². The molecule has 3 aromatic heterocycles. The molecule has 9 heteroatoms. The van der Waals surface area contributed by atoms with E-state index in [2.05, 4.69) is 30.9 Å². The quantitative estimate of drug-likeness (QED) is 0.369. The number of nitrogens with zero attached hydrogens (tertiary/aromatic N) is 3. The van der Waals surface area contributed by atoms with Crippen LogP contribution < -0.4 is 5.56 Å². The number of pyridine rings is 2. The number of hydrogen-bond acceptors (Lipinski definition) is 5. The molecule has 0 bridgehead atoms. The van der Waals surface area contributed by atoms with E-state index in [1.165, 1.54) is 22.9 Å². The molecule has 0 amide bonds. The second-order valence-electron chi connectivity index (χ2n) is 5.87. The Morgan fingerprint density at radius 1 is 1.18 bits per heavy atom. The van der Waals surface area contributed by atoms with Crippen LogP contribution in [0.2, 0.25) is 5.15 Å². The van der Waals surface area contributed by atoms with Gasteiger partial charge >= 0.3 is 5.97 Å². The molecule has 3 heterocycles. The second kappa shape index (κ2) is 7.57. The summed E-state index contributed by atoms with van der Waals surface area (Å²) in [6.45, 7) is -0.0666. The average Bonchev–Trinajstić information content (AvgIpc) is 3.08. The van der Waals surface area contributed by atoms with Gasteiger partial charge in [-0.25, -0.2) is 14.8 Å². The molecule has 140 valence electrons. The number of aromatic nitrogens is 4. The molecule has 0 radical (unpaired) electrons. The van der Waals surface area contributed by atoms with Crippen molar-refractivity contribution >= 4 is 44.7 Å². The van der Waals surface area contributed by atoms with Crippen LogP contribution in [0.4, 0.5) is 0 Å². The number of esters is 1. The second-order valence-corrected chi connectivity index (χ2v) is 7.17. The van der Waals surface area contributed by atoms with Crippen molar-refractivity contribution in [1.29, 1.82) is 0 Å². The molecular formula is C19H12BrClN4O3. The highest BCUT2D eigenvalue weighted by molar-refractivity contribution is 9.10. The number of nitrogens with one attached hydrogen (secondary N) is 1. The van der Waals surface area contributed by atoms with Gasteiger partial charge in [0.05, 0.1) is 11.1 Å². The molecular weight excluding hydrogens is 448 g/mol. The molecule has 0 fully saturated rings. The van der Waals surface area contributed by atoms with Crippen LogP contribution in [0.5, 0.6) is 0 Å². The number of halogens is 2. The number of hydrogen-bond donors (Lipinski definition) is 1. The van der Waals surface area contributed by atoms with Crippen LogP contribution in [0.25, 0.3) is 16.9 Å². The van der Waals surface area contributed by atoms with Crippen LogP contribution in [-0.2, 0) is 11.3 Å². The zero-order valence-corrected chi connectivity index (χ0v) is 16.6. The minimum absolute atomic E-state index is 0.0666. The lowest BCUT2D eigenvalue weighted by molar-refractivity contribution is 0.0462. The molecule has 0 aliphatic carbocycles. The molecule has 0 atom stereocenters. The predicted octanol–water partition coefficient (Wildman–Crippen LogP) is 3.88. The van der Waals surface area contributed by atoms with Crippen molar-refractivity contribution in [2.75, 3.05) is 0 Å². The van der Waals surface area contributed by atoms with Gasteiger partial charge in [0.1, 0.15) is 17.6 Å². The van der Waals surface area contributed by atoms with Crippen LogP contribution in [-0.4, -0.2) is 25.5 Å². The lowest BCUT2D eigenvalue weighted by atomic mass is 10.2. The number of H-pyrrole nitrogens is 1. The molecule has 0 spiro atoms. The molecule has 1 aromatic carbocycles. The first kappa shape index (κ1) is 18.4. The Labute approximate surface area is 172 Å². The number of carbonyl (C=O) groups is 1. The van der Waals surface area contributed by atoms with E-state index < -0.39 is 5.97 Å². The van der Waals surface area contributed by atoms with Crippen molar-refractivity contribution in [3.05, 3.63) is 86.1 Å². The summed E-state index contributed by atoms with van der Waals surface area (Å²) in [5.74, 6) is -0.131. The van der Waals surface area contributed by atoms with E-state index in [1.54, 1.807) is 30.3 Å². The number of rotatable bonds is 4. The summed E-state index contributed by atoms with van der Waals surface area (Å²) >= 11 is 9.21. The topological polar surface area (TPSA) is 89.9 Å². The number of carbonyl (C=O) groups excluding carboxylic acids is 1. The van der Waals surface area contributed by atoms with E-state index in [0.717, 1.165) is 4.47 Å². The predicted molar refractivity (Wildman–Crippen MR) is 108 cm³/mol. The molecule has 0 aliphatic heterocycles. The largest absolute Gasteiger partial charge is 0.454 e.